The van der Waals surface area contributed by atoms with E-state index in [1.54, 1.807) is 0 Å². The maximum absolute atomic E-state index is 5.59. The van der Waals surface area contributed by atoms with Crippen LogP contribution in [0.15, 0.2) is 46.9 Å². The van der Waals surface area contributed by atoms with E-state index in [1.807, 2.05) is 55.3 Å². The van der Waals surface area contributed by atoms with Crippen LogP contribution in [0.4, 0.5) is 11.4 Å². The Morgan fingerprint density at radius 2 is 1.82 bits per heavy atom. The summed E-state index contributed by atoms with van der Waals surface area (Å²) in [5, 5.41) is 8.37. The minimum absolute atomic E-state index is 0. The Bertz CT molecular complexity index is 470. The summed E-state index contributed by atoms with van der Waals surface area (Å²) in [6, 6.07) is 7.31. The highest BCUT2D eigenvalue weighted by Gasteiger charge is 2.26. The van der Waals surface area contributed by atoms with Crippen molar-refractivity contribution in [1.82, 2.24) is 0 Å². The van der Waals surface area contributed by atoms with Gasteiger partial charge in [-0.15, -0.1) is 0 Å². The van der Waals surface area contributed by atoms with Crippen LogP contribution < -0.4 is 10.6 Å². The van der Waals surface area contributed by atoms with Crippen molar-refractivity contribution in [3.05, 3.63) is 44.1 Å². The fraction of sp³-hybridized carbons (Fsp3) is 0.167. The molecule has 90 valence electrons. The zero-order valence-electron chi connectivity index (χ0n) is 10.4. The molecule has 1 heterocycles. The predicted octanol–water partition coefficient (Wildman–Crippen LogP) is 0.801. The fourth-order valence-electron chi connectivity index (χ4n) is 1.44. The van der Waals surface area contributed by atoms with Crippen molar-refractivity contribution in [2.45, 2.75) is 0 Å². The number of anilines is 1. The molecule has 1 aromatic carbocycles. The van der Waals surface area contributed by atoms with Gasteiger partial charge in [0.1, 0.15) is 23.2 Å². The first-order chi connectivity index (χ1) is 7.66. The largest absolute Gasteiger partial charge is 0.524 e. The molecule has 0 aromatic heterocycles. The molecule has 1 atom stereocenters. The predicted molar refractivity (Wildman–Crippen MR) is 69.0 cm³/mol. The van der Waals surface area contributed by atoms with Gasteiger partial charge in [-0.3, -0.25) is 0 Å². The van der Waals surface area contributed by atoms with Crippen LogP contribution in [0, 0.1) is 7.43 Å². The van der Waals surface area contributed by atoms with E-state index in [4.69, 9.17) is 5.73 Å². The molecule has 1 unspecified atom stereocenters. The summed E-state index contributed by atoms with van der Waals surface area (Å²) in [7, 11) is 3.96. The Balaban J connectivity index is 0.00000144. The van der Waals surface area contributed by atoms with E-state index in [1.165, 1.54) is 0 Å². The van der Waals surface area contributed by atoms with E-state index in [9.17, 15) is 0 Å². The summed E-state index contributed by atoms with van der Waals surface area (Å²) in [5.41, 5.74) is 7.12. The molecular weight excluding hydrogens is 214 g/mol. The van der Waals surface area contributed by atoms with Crippen LogP contribution in [-0.4, -0.2) is 24.6 Å². The number of nitrogen functional groups attached to an aromatic ring is 1. The molecule has 17 heavy (non-hydrogen) atoms. The highest BCUT2D eigenvalue weighted by Crippen LogP contribution is 2.14. The lowest BCUT2D eigenvalue weighted by molar-refractivity contribution is -0.735. The van der Waals surface area contributed by atoms with Gasteiger partial charge in [-0.25, -0.2) is 0 Å². The fourth-order valence-corrected chi connectivity index (χ4v) is 1.44. The number of quaternary nitrogens is 1. The van der Waals surface area contributed by atoms with Gasteiger partial charge in [0.15, 0.2) is 0 Å². The molecule has 1 aliphatic heterocycles. The van der Waals surface area contributed by atoms with E-state index in [2.05, 4.69) is 10.2 Å². The average molecular weight is 232 g/mol. The quantitative estimate of drug-likeness (QED) is 0.320. The number of guanidine groups is 1. The lowest BCUT2D eigenvalue weighted by atomic mass is 10.3. The van der Waals surface area contributed by atoms with E-state index in [-0.39, 0.29) is 7.43 Å². The normalized spacial score (nSPS) is 18.8. The van der Waals surface area contributed by atoms with E-state index >= 15 is 0 Å². The van der Waals surface area contributed by atoms with Gasteiger partial charge in [0.05, 0.1) is 14.1 Å². The summed E-state index contributed by atoms with van der Waals surface area (Å²) in [6.07, 6.45) is 3.98. The van der Waals surface area contributed by atoms with Gasteiger partial charge in [-0.2, -0.15) is 9.48 Å². The van der Waals surface area contributed by atoms with Gasteiger partial charge in [0, 0.05) is 5.69 Å². The topological polar surface area (TPSA) is 58.2 Å². The second-order valence-electron chi connectivity index (χ2n) is 3.72. The van der Waals surface area contributed by atoms with Crippen LogP contribution in [0.25, 0.3) is 0 Å². The summed E-state index contributed by atoms with van der Waals surface area (Å²) >= 11 is 0. The van der Waals surface area contributed by atoms with Crippen molar-refractivity contribution in [2.24, 2.45) is 10.2 Å². The van der Waals surface area contributed by atoms with Crippen molar-refractivity contribution >= 4 is 17.3 Å². The molecular formula is C12H18N5+. The third-order valence-electron chi connectivity index (χ3n) is 2.39. The maximum atomic E-state index is 5.59. The SMILES string of the molecule is C[N+]1=C(N=Nc2ccc(N)cc2)[NH+](C)C=C1.[CH3-]. The van der Waals surface area contributed by atoms with Gasteiger partial charge in [-0.1, -0.05) is 0 Å². The van der Waals surface area contributed by atoms with E-state index < -0.39 is 0 Å². The summed E-state index contributed by atoms with van der Waals surface area (Å²) in [6.45, 7) is 0. The van der Waals surface area contributed by atoms with E-state index in [0.717, 1.165) is 22.2 Å². The Kier molecular flexibility index (Phi) is 4.12. The lowest BCUT2D eigenvalue weighted by Gasteiger charge is -1.93. The number of nitrogens with two attached hydrogens (primary N) is 1. The molecule has 0 amide bonds. The molecule has 5 nitrogen and oxygen atoms in total. The van der Waals surface area contributed by atoms with Crippen LogP contribution >= 0.6 is 0 Å². The third kappa shape index (κ3) is 2.98. The highest BCUT2D eigenvalue weighted by molar-refractivity contribution is 5.67. The molecule has 0 radical (unpaired) electrons. The van der Waals surface area contributed by atoms with Crippen LogP contribution in [0.3, 0.4) is 0 Å². The zero-order chi connectivity index (χ0) is 11.5. The van der Waals surface area contributed by atoms with Gasteiger partial charge in [0.25, 0.3) is 0 Å². The molecule has 0 spiro atoms. The number of rotatable bonds is 1. The van der Waals surface area contributed by atoms with Crippen molar-refractivity contribution in [3.63, 3.8) is 0 Å². The van der Waals surface area contributed by atoms with Gasteiger partial charge >= 0.3 is 5.96 Å². The molecule has 1 aromatic rings. The number of hydrogen-bond acceptors (Lipinski definition) is 3. The first kappa shape index (κ1) is 13.1. The van der Waals surface area contributed by atoms with Crippen molar-refractivity contribution in [1.29, 1.82) is 0 Å². The Labute approximate surface area is 102 Å². The summed E-state index contributed by atoms with van der Waals surface area (Å²) < 4.78 is 1.94. The highest BCUT2D eigenvalue weighted by atomic mass is 15.4. The zero-order valence-corrected chi connectivity index (χ0v) is 10.4. The molecule has 0 saturated heterocycles. The molecule has 0 fully saturated rings. The standard InChI is InChI=1S/C11H13N5.CH3/c1-15-7-8-16(2)11(15)14-13-10-5-3-9(12)4-6-10;/h3-8,12H,1-2H3;1H3/q;-1/p+2. The Hall–Kier alpha value is -2.01. The number of azo groups is 1. The number of nitrogens with one attached hydrogen (secondary N) is 1. The molecule has 5 heteroatoms. The molecule has 2 rings (SSSR count). The van der Waals surface area contributed by atoms with Crippen molar-refractivity contribution < 1.29 is 9.48 Å². The van der Waals surface area contributed by atoms with Crippen LogP contribution in [0.5, 0.6) is 0 Å². The number of nitrogens with zero attached hydrogens (tertiary/aromatic N) is 3. The summed E-state index contributed by atoms with van der Waals surface area (Å²) in [5.74, 6) is 0.872. The average Bonchev–Trinajstić information content (AvgIpc) is 2.59. The number of hydrogen-bond donors (Lipinski definition) is 2. The molecule has 1 aliphatic rings. The monoisotopic (exact) mass is 232 g/mol. The van der Waals surface area contributed by atoms with Crippen LogP contribution in [-0.2, 0) is 0 Å². The molecule has 0 bridgehead atoms. The van der Waals surface area contributed by atoms with Gasteiger partial charge < -0.3 is 13.2 Å². The second kappa shape index (κ2) is 5.36. The third-order valence-corrected chi connectivity index (χ3v) is 2.39. The lowest BCUT2D eigenvalue weighted by Crippen LogP contribution is -3.06. The Morgan fingerprint density at radius 3 is 2.35 bits per heavy atom. The molecule has 0 aliphatic carbocycles. The van der Waals surface area contributed by atoms with Crippen LogP contribution in [0.2, 0.25) is 0 Å². The minimum atomic E-state index is 0. The first-order valence-corrected chi connectivity index (χ1v) is 5.06. The smallest absolute Gasteiger partial charge is 0.399 e. The first-order valence-electron chi connectivity index (χ1n) is 5.06. The Morgan fingerprint density at radius 1 is 1.18 bits per heavy atom. The van der Waals surface area contributed by atoms with Crippen molar-refractivity contribution in [3.8, 4) is 0 Å². The summed E-state index contributed by atoms with van der Waals surface area (Å²) in [4.78, 5) is 1.11. The van der Waals surface area contributed by atoms with Crippen molar-refractivity contribution in [2.75, 3.05) is 19.8 Å². The minimum Gasteiger partial charge on any atom is -0.399 e. The van der Waals surface area contributed by atoms with Crippen LogP contribution in [0.1, 0.15) is 0 Å². The second-order valence-corrected chi connectivity index (χ2v) is 3.72. The molecule has 3 N–H and O–H groups in total. The number of benzene rings is 1. The van der Waals surface area contributed by atoms with Gasteiger partial charge in [-0.05, 0) is 29.4 Å². The molecule has 0 saturated carbocycles. The van der Waals surface area contributed by atoms with E-state index in [0.29, 0.717) is 0 Å². The maximum Gasteiger partial charge on any atom is 0.524 e. The van der Waals surface area contributed by atoms with Gasteiger partial charge in [0.2, 0.25) is 0 Å².